The van der Waals surface area contributed by atoms with Crippen LogP contribution in [0, 0.1) is 5.92 Å². The Labute approximate surface area is 131 Å². The zero-order valence-corrected chi connectivity index (χ0v) is 13.0. The number of aliphatic imine (C=N–C) groups is 1. The number of amides is 1. The minimum atomic E-state index is 0.0339. The van der Waals surface area contributed by atoms with Gasteiger partial charge in [-0.3, -0.25) is 9.79 Å². The summed E-state index contributed by atoms with van der Waals surface area (Å²) in [7, 11) is 0. The molecule has 0 aliphatic heterocycles. The average Bonchev–Trinajstić information content (AvgIpc) is 3.00. The highest BCUT2D eigenvalue weighted by atomic mass is 16.1. The lowest BCUT2D eigenvalue weighted by Crippen LogP contribution is -2.16. The summed E-state index contributed by atoms with van der Waals surface area (Å²) >= 11 is 0. The van der Waals surface area contributed by atoms with E-state index in [9.17, 15) is 4.79 Å². The molecule has 1 aromatic heterocycles. The Morgan fingerprint density at radius 2 is 2.18 bits per heavy atom. The van der Waals surface area contributed by atoms with Crippen molar-refractivity contribution >= 4 is 29.9 Å². The van der Waals surface area contributed by atoms with Crippen molar-refractivity contribution in [3.63, 3.8) is 0 Å². The summed E-state index contributed by atoms with van der Waals surface area (Å²) in [4.78, 5) is 20.4. The molecule has 4 N–H and O–H groups in total. The lowest BCUT2D eigenvalue weighted by atomic mass is 10.0. The number of rotatable bonds is 8. The fraction of sp³-hybridized carbons (Fsp3) is 0.562. The molecule has 0 aromatic carbocycles. The van der Waals surface area contributed by atoms with Gasteiger partial charge >= 0.3 is 0 Å². The second kappa shape index (κ2) is 8.48. The fourth-order valence-corrected chi connectivity index (χ4v) is 2.76. The van der Waals surface area contributed by atoms with Crippen LogP contribution < -0.4 is 16.4 Å². The van der Waals surface area contributed by atoms with Crippen molar-refractivity contribution in [2.45, 2.75) is 38.5 Å². The molecule has 1 aromatic rings. The topological polar surface area (TPSA) is 92.4 Å². The fourth-order valence-electron chi connectivity index (χ4n) is 2.76. The minimum absolute atomic E-state index is 0.0339. The number of carbonyl (C=O) groups excluding carboxylic acids is 1. The number of carbonyl (C=O) groups is 1. The predicted molar refractivity (Wildman–Crippen MR) is 90.8 cm³/mol. The standard InChI is InChI=1S/C16H25N5O/c1-18-13-7-8-14(21-16(13)19-10-4-9-17)20-15(22)11-12-5-2-3-6-12/h7-8,12H,1-6,9-11,17H2,(H2,19,20,21,22). The summed E-state index contributed by atoms with van der Waals surface area (Å²) < 4.78 is 0. The monoisotopic (exact) mass is 303 g/mol. The van der Waals surface area contributed by atoms with Gasteiger partial charge in [0.05, 0.1) is 0 Å². The maximum absolute atomic E-state index is 12.1. The molecule has 6 heteroatoms. The van der Waals surface area contributed by atoms with Crippen LogP contribution in [0.2, 0.25) is 0 Å². The van der Waals surface area contributed by atoms with Gasteiger partial charge in [0.2, 0.25) is 5.91 Å². The van der Waals surface area contributed by atoms with Crippen molar-refractivity contribution in [2.24, 2.45) is 16.6 Å². The third kappa shape index (κ3) is 4.80. The van der Waals surface area contributed by atoms with Gasteiger partial charge in [-0.05, 0) is 50.6 Å². The first-order valence-electron chi connectivity index (χ1n) is 7.94. The Bertz CT molecular complexity index is 511. The first kappa shape index (κ1) is 16.4. The number of hydrogen-bond donors (Lipinski definition) is 3. The molecule has 1 aliphatic carbocycles. The Balaban J connectivity index is 1.95. The normalized spacial score (nSPS) is 14.8. The van der Waals surface area contributed by atoms with E-state index in [4.69, 9.17) is 5.73 Å². The van der Waals surface area contributed by atoms with Gasteiger partial charge in [-0.2, -0.15) is 0 Å². The van der Waals surface area contributed by atoms with E-state index in [-0.39, 0.29) is 5.91 Å². The quantitative estimate of drug-likeness (QED) is 0.508. The van der Waals surface area contributed by atoms with E-state index in [1.807, 2.05) is 0 Å². The van der Waals surface area contributed by atoms with Crippen molar-refractivity contribution in [2.75, 3.05) is 23.7 Å². The first-order valence-corrected chi connectivity index (χ1v) is 7.94. The molecule has 1 saturated carbocycles. The molecule has 0 radical (unpaired) electrons. The van der Waals surface area contributed by atoms with Crippen LogP contribution in [0.1, 0.15) is 38.5 Å². The maximum Gasteiger partial charge on any atom is 0.225 e. The van der Waals surface area contributed by atoms with Crippen LogP contribution in [0.25, 0.3) is 0 Å². The molecule has 0 saturated heterocycles. The lowest BCUT2D eigenvalue weighted by Gasteiger charge is -2.12. The van der Waals surface area contributed by atoms with Gasteiger partial charge in [-0.15, -0.1) is 0 Å². The van der Waals surface area contributed by atoms with Crippen LogP contribution in [0.3, 0.4) is 0 Å². The highest BCUT2D eigenvalue weighted by Crippen LogP contribution is 2.28. The van der Waals surface area contributed by atoms with Gasteiger partial charge < -0.3 is 16.4 Å². The zero-order chi connectivity index (χ0) is 15.8. The molecule has 2 rings (SSSR count). The number of nitrogens with two attached hydrogens (primary N) is 1. The van der Waals surface area contributed by atoms with Crippen molar-refractivity contribution in [3.05, 3.63) is 12.1 Å². The average molecular weight is 303 g/mol. The Hall–Kier alpha value is -1.95. The molecule has 1 amide bonds. The molecule has 120 valence electrons. The number of pyridine rings is 1. The molecule has 22 heavy (non-hydrogen) atoms. The number of aromatic nitrogens is 1. The molecule has 0 unspecified atom stereocenters. The Morgan fingerprint density at radius 3 is 2.86 bits per heavy atom. The van der Waals surface area contributed by atoms with Crippen molar-refractivity contribution in [1.29, 1.82) is 0 Å². The largest absolute Gasteiger partial charge is 0.368 e. The van der Waals surface area contributed by atoms with Gasteiger partial charge in [0.1, 0.15) is 11.5 Å². The molecule has 6 nitrogen and oxygen atoms in total. The molecule has 0 bridgehead atoms. The molecular formula is C16H25N5O. The van der Waals surface area contributed by atoms with Crippen LogP contribution in [-0.4, -0.2) is 30.7 Å². The summed E-state index contributed by atoms with van der Waals surface area (Å²) in [6, 6.07) is 3.56. The van der Waals surface area contributed by atoms with Gasteiger partial charge in [-0.25, -0.2) is 4.98 Å². The van der Waals surface area contributed by atoms with Crippen molar-refractivity contribution in [3.8, 4) is 0 Å². The zero-order valence-electron chi connectivity index (χ0n) is 13.0. The van der Waals surface area contributed by atoms with E-state index in [0.29, 0.717) is 42.8 Å². The smallest absolute Gasteiger partial charge is 0.225 e. The molecular weight excluding hydrogens is 278 g/mol. The molecule has 1 aliphatic rings. The van der Waals surface area contributed by atoms with E-state index in [1.54, 1.807) is 12.1 Å². The van der Waals surface area contributed by atoms with E-state index < -0.39 is 0 Å². The van der Waals surface area contributed by atoms with E-state index >= 15 is 0 Å². The minimum Gasteiger partial charge on any atom is -0.368 e. The molecule has 0 spiro atoms. The molecule has 0 atom stereocenters. The van der Waals surface area contributed by atoms with E-state index in [1.165, 1.54) is 12.8 Å². The number of anilines is 2. The third-order valence-electron chi connectivity index (χ3n) is 3.93. The van der Waals surface area contributed by atoms with Crippen molar-refractivity contribution < 1.29 is 4.79 Å². The van der Waals surface area contributed by atoms with Gasteiger partial charge in [0, 0.05) is 13.0 Å². The summed E-state index contributed by atoms with van der Waals surface area (Å²) in [5, 5.41) is 6.05. The Kier molecular flexibility index (Phi) is 6.33. The van der Waals surface area contributed by atoms with Crippen molar-refractivity contribution in [1.82, 2.24) is 4.98 Å². The van der Waals surface area contributed by atoms with Gasteiger partial charge in [0.25, 0.3) is 0 Å². The SMILES string of the molecule is C=Nc1ccc(NC(=O)CC2CCCC2)nc1NCCCN. The summed E-state index contributed by atoms with van der Waals surface area (Å²) in [6.07, 6.45) is 6.23. The summed E-state index contributed by atoms with van der Waals surface area (Å²) in [5.74, 6) is 1.73. The van der Waals surface area contributed by atoms with Gasteiger partial charge in [0.15, 0.2) is 5.82 Å². The van der Waals surface area contributed by atoms with E-state index in [2.05, 4.69) is 27.3 Å². The summed E-state index contributed by atoms with van der Waals surface area (Å²) in [5.41, 5.74) is 6.16. The number of nitrogens with zero attached hydrogens (tertiary/aromatic N) is 2. The van der Waals surface area contributed by atoms with Crippen LogP contribution >= 0.6 is 0 Å². The number of nitrogens with one attached hydrogen (secondary N) is 2. The molecule has 1 heterocycles. The number of hydrogen-bond acceptors (Lipinski definition) is 5. The first-order chi connectivity index (χ1) is 10.7. The van der Waals surface area contributed by atoms with Crippen LogP contribution in [0.4, 0.5) is 17.3 Å². The highest BCUT2D eigenvalue weighted by molar-refractivity contribution is 5.90. The molecule has 1 fully saturated rings. The van der Waals surface area contributed by atoms with Crippen LogP contribution in [0.5, 0.6) is 0 Å². The third-order valence-corrected chi connectivity index (χ3v) is 3.93. The second-order valence-electron chi connectivity index (χ2n) is 5.69. The highest BCUT2D eigenvalue weighted by Gasteiger charge is 2.18. The van der Waals surface area contributed by atoms with Gasteiger partial charge in [-0.1, -0.05) is 12.8 Å². The predicted octanol–water partition coefficient (Wildman–Crippen LogP) is 2.69. The van der Waals surface area contributed by atoms with Crippen LogP contribution in [0.15, 0.2) is 17.1 Å². The summed E-state index contributed by atoms with van der Waals surface area (Å²) in [6.45, 7) is 4.86. The Morgan fingerprint density at radius 1 is 1.41 bits per heavy atom. The maximum atomic E-state index is 12.1. The van der Waals surface area contributed by atoms with Crippen LogP contribution in [-0.2, 0) is 4.79 Å². The lowest BCUT2D eigenvalue weighted by molar-refractivity contribution is -0.117. The second-order valence-corrected chi connectivity index (χ2v) is 5.69. The van der Waals surface area contributed by atoms with E-state index in [0.717, 1.165) is 19.3 Å².